The number of carbonyl (C=O) groups is 2. The number of rotatable bonds is 17. The standard InChI is InChI=1S/C64H67FN14O8S/c1-5-78-50(12-15-69-78)41-11-10-40(59-55(41)67-30-88-59)49(28-80)71-61(82)51-20-37(81)26-77(51)63(84)57(31(2)3)79-27-45-39-9-6-33(18-47(39)70-62(83)56(45)75-79)29-86-58-53(52-32(4)46(65)22-48-44(52)24-68-74-48)42(34-7-8-34)21-43-54(58)72-64(87-38-13-16-85-17-14-38)73-60(43)76-25-35-19-36(76)23-66-35/h6,9-12,15,18,21-22,24,27,30-31,34-38,49,51,57,66,80-81H,5,7-8,13-14,16-17,19-20,23,25-26,28-29H2,1-4H3,(H,68,74)(H,70,83)(H,71,82)/t35-,36-,37+,49-,51-,57-/m0/s1. The maximum absolute atomic E-state index is 16.3. The lowest BCUT2D eigenvalue weighted by atomic mass is 9.88. The number of aliphatic hydroxyl groups excluding tert-OH is 2. The Balaban J connectivity index is 0.758. The second kappa shape index (κ2) is 22.3. The van der Waals surface area contributed by atoms with Crippen LogP contribution in [0.2, 0.25) is 0 Å². The number of aliphatic hydroxyl groups is 2. The number of pyridine rings is 1. The second-order valence-electron chi connectivity index (χ2n) is 24.5. The van der Waals surface area contributed by atoms with Crippen LogP contribution in [0.3, 0.4) is 0 Å². The molecule has 0 spiro atoms. The summed E-state index contributed by atoms with van der Waals surface area (Å²) in [5.74, 6) is -0.321. The van der Waals surface area contributed by atoms with Crippen molar-refractivity contribution in [2.45, 2.75) is 128 Å². The molecule has 15 rings (SSSR count). The molecular formula is C64H67FN14O8S. The fourth-order valence-electron chi connectivity index (χ4n) is 14.0. The largest absolute Gasteiger partial charge is 0.486 e. The summed E-state index contributed by atoms with van der Waals surface area (Å²) in [6.07, 6.45) is 8.28. The molecule has 6 N–H and O–H groups in total. The number of amides is 2. The van der Waals surface area contributed by atoms with Crippen LogP contribution in [0.25, 0.3) is 76.2 Å². The van der Waals surface area contributed by atoms with Crippen LogP contribution in [-0.4, -0.2) is 146 Å². The lowest BCUT2D eigenvalue weighted by Crippen LogP contribution is -2.50. The first-order valence-corrected chi connectivity index (χ1v) is 31.4. The second-order valence-corrected chi connectivity index (χ2v) is 25.4. The van der Waals surface area contributed by atoms with Crippen molar-refractivity contribution < 1.29 is 38.4 Å². The first kappa shape index (κ1) is 56.1. The maximum atomic E-state index is 16.3. The zero-order valence-corrected chi connectivity index (χ0v) is 49.9. The van der Waals surface area contributed by atoms with Gasteiger partial charge in [0.25, 0.3) is 5.56 Å². The van der Waals surface area contributed by atoms with E-state index in [1.807, 2.05) is 61.9 Å². The van der Waals surface area contributed by atoms with Crippen LogP contribution in [-0.2, 0) is 27.5 Å². The minimum Gasteiger partial charge on any atom is -0.486 e. The molecule has 2 bridgehead atoms. The zero-order valence-electron chi connectivity index (χ0n) is 49.1. The number of fused-ring (bicyclic) bond motifs is 8. The molecule has 22 nitrogen and oxygen atoms in total. The summed E-state index contributed by atoms with van der Waals surface area (Å²) >= 11 is 1.40. The molecule has 0 radical (unpaired) electrons. The lowest BCUT2D eigenvalue weighted by Gasteiger charge is -2.31. The van der Waals surface area contributed by atoms with Crippen molar-refractivity contribution in [2.75, 3.05) is 44.4 Å². The van der Waals surface area contributed by atoms with Gasteiger partial charge in [0.05, 0.1) is 65.1 Å². The van der Waals surface area contributed by atoms with E-state index in [0.29, 0.717) is 93.9 Å². The highest BCUT2D eigenvalue weighted by atomic mass is 32.1. The number of benzene rings is 4. The average Bonchev–Trinajstić information content (AvgIpc) is 1.43. The monoisotopic (exact) mass is 1210 g/mol. The van der Waals surface area contributed by atoms with Gasteiger partial charge in [0, 0.05) is 114 Å². The van der Waals surface area contributed by atoms with Crippen molar-refractivity contribution >= 4 is 82.8 Å². The minimum atomic E-state index is -1.07. The third-order valence-corrected chi connectivity index (χ3v) is 19.5. The fraction of sp³-hybridized carbons (Fsp3) is 0.422. The smallest absolute Gasteiger partial charge is 0.319 e. The molecule has 2 amide bonds. The van der Waals surface area contributed by atoms with E-state index in [-0.39, 0.29) is 60.9 Å². The number of piperazine rings is 1. The summed E-state index contributed by atoms with van der Waals surface area (Å²) in [6, 6.07) is 13.0. The molecule has 4 saturated heterocycles. The maximum Gasteiger partial charge on any atom is 0.319 e. The van der Waals surface area contributed by atoms with Crippen molar-refractivity contribution in [3.63, 3.8) is 0 Å². The number of nitrogens with one attached hydrogen (secondary N) is 4. The Morgan fingerprint density at radius 2 is 1.81 bits per heavy atom. The Bertz CT molecular complexity index is 4470. The number of hydrogen-bond donors (Lipinski definition) is 6. The van der Waals surface area contributed by atoms with Crippen LogP contribution in [0.4, 0.5) is 10.2 Å². The topological polar surface area (TPSA) is 269 Å². The van der Waals surface area contributed by atoms with Gasteiger partial charge in [0.2, 0.25) is 11.8 Å². The molecule has 6 atom stereocenters. The highest BCUT2D eigenvalue weighted by Gasteiger charge is 2.44. The minimum absolute atomic E-state index is 0.0196. The van der Waals surface area contributed by atoms with Crippen LogP contribution >= 0.6 is 11.3 Å². The molecule has 24 heteroatoms. The van der Waals surface area contributed by atoms with Gasteiger partial charge in [-0.1, -0.05) is 38.1 Å². The predicted octanol–water partition coefficient (Wildman–Crippen LogP) is 7.88. The molecule has 10 heterocycles. The van der Waals surface area contributed by atoms with E-state index in [1.54, 1.807) is 31.0 Å². The van der Waals surface area contributed by atoms with Crippen LogP contribution in [0.1, 0.15) is 99.6 Å². The fourth-order valence-corrected chi connectivity index (χ4v) is 14.9. The summed E-state index contributed by atoms with van der Waals surface area (Å²) < 4.78 is 40.0. The molecule has 454 valence electrons. The highest BCUT2D eigenvalue weighted by molar-refractivity contribution is 7.17. The number of ether oxygens (including phenoxy) is 3. The van der Waals surface area contributed by atoms with Crippen LogP contribution in [0, 0.1) is 18.7 Å². The normalized spacial score (nSPS) is 20.5. The molecule has 5 aliphatic rings. The van der Waals surface area contributed by atoms with Gasteiger partial charge >= 0.3 is 6.01 Å². The van der Waals surface area contributed by atoms with E-state index in [9.17, 15) is 19.8 Å². The molecular weight excluding hydrogens is 1140 g/mol. The van der Waals surface area contributed by atoms with Gasteiger partial charge in [-0.25, -0.2) is 9.37 Å². The number of H-pyrrole nitrogens is 2. The van der Waals surface area contributed by atoms with E-state index < -0.39 is 48.2 Å². The molecule has 4 aliphatic heterocycles. The third-order valence-electron chi connectivity index (χ3n) is 18.6. The predicted molar refractivity (Wildman–Crippen MR) is 330 cm³/mol. The molecule has 0 unspecified atom stereocenters. The number of hydrogen-bond acceptors (Lipinski definition) is 17. The number of aromatic amines is 2. The van der Waals surface area contributed by atoms with E-state index in [1.165, 1.54) is 27.0 Å². The highest BCUT2D eigenvalue weighted by Crippen LogP contribution is 2.54. The third kappa shape index (κ3) is 9.70. The number of aryl methyl sites for hydroxylation is 1. The first-order valence-electron chi connectivity index (χ1n) is 30.5. The molecule has 4 aromatic carbocycles. The summed E-state index contributed by atoms with van der Waals surface area (Å²) in [4.78, 5) is 65.6. The van der Waals surface area contributed by atoms with Gasteiger partial charge in [0.1, 0.15) is 41.9 Å². The summed E-state index contributed by atoms with van der Waals surface area (Å²) in [5, 5.41) is 47.9. The van der Waals surface area contributed by atoms with Crippen LogP contribution < -0.4 is 30.6 Å². The molecule has 5 fully saturated rings. The SMILES string of the molecule is CCn1nccc1-c1ccc([C@H](CO)NC(=O)[C@@H]2C[C@@H](O)CN2C(=O)[C@H](C(C)C)n2cc3c(n2)c(=O)[nH]c2cc(COc4c(-c5c(C)c(F)cc6[nH]ncc56)c(C5CC5)cc5c(N6C[C@@H]7C[C@H]6CN7)nc(OC6CCOCC6)nc45)ccc23)c2scnc12. The molecule has 10 aromatic rings. The zero-order chi connectivity index (χ0) is 60.2. The molecule has 1 aliphatic carbocycles. The number of thiazole rings is 1. The number of anilines is 1. The van der Waals surface area contributed by atoms with Gasteiger partial charge in [0.15, 0.2) is 11.3 Å². The molecule has 6 aromatic heterocycles. The Morgan fingerprint density at radius 3 is 2.58 bits per heavy atom. The van der Waals surface area contributed by atoms with E-state index in [2.05, 4.69) is 46.9 Å². The quantitative estimate of drug-likeness (QED) is 0.0506. The lowest BCUT2D eigenvalue weighted by molar-refractivity contribution is -0.142. The van der Waals surface area contributed by atoms with Gasteiger partial charge in [-0.15, -0.1) is 11.3 Å². The summed E-state index contributed by atoms with van der Waals surface area (Å²) in [6.45, 7) is 10.4. The van der Waals surface area contributed by atoms with Crippen LogP contribution in [0.15, 0.2) is 77.4 Å². The number of nitrogens with zero attached hydrogens (tertiary/aromatic N) is 10. The number of β-amino-alcohol motifs (C(OH)–C–C–N with tert-alkyl or cyclic N) is 1. The Kier molecular flexibility index (Phi) is 14.2. The van der Waals surface area contributed by atoms with Gasteiger partial charge < -0.3 is 49.8 Å². The van der Waals surface area contributed by atoms with Gasteiger partial charge in [-0.2, -0.15) is 25.3 Å². The average molecular weight is 1210 g/mol. The molecule has 1 saturated carbocycles. The van der Waals surface area contributed by atoms with Crippen molar-refractivity contribution in [3.05, 3.63) is 111 Å². The van der Waals surface area contributed by atoms with Gasteiger partial charge in [-0.3, -0.25) is 28.8 Å². The number of halogens is 1. The van der Waals surface area contributed by atoms with Crippen molar-refractivity contribution in [1.29, 1.82) is 0 Å². The van der Waals surface area contributed by atoms with Gasteiger partial charge in [-0.05, 0) is 91.5 Å². The first-order chi connectivity index (χ1) is 42.8. The summed E-state index contributed by atoms with van der Waals surface area (Å²) in [7, 11) is 0. The Labute approximate surface area is 507 Å². The Morgan fingerprint density at radius 1 is 0.955 bits per heavy atom. The van der Waals surface area contributed by atoms with Crippen LogP contribution in [0.5, 0.6) is 11.8 Å². The number of likely N-dealkylation sites (tertiary alicyclic amines) is 1. The van der Waals surface area contributed by atoms with E-state index in [0.717, 1.165) is 81.6 Å². The van der Waals surface area contributed by atoms with Crippen molar-refractivity contribution in [2.24, 2.45) is 5.92 Å². The van der Waals surface area contributed by atoms with E-state index in [4.69, 9.17) is 29.3 Å². The Hall–Kier alpha value is -8.42. The van der Waals surface area contributed by atoms with E-state index >= 15 is 9.18 Å². The number of carbonyl (C=O) groups excluding carboxylic acids is 2. The van der Waals surface area contributed by atoms with Crippen molar-refractivity contribution in [3.8, 4) is 34.1 Å². The summed E-state index contributed by atoms with van der Waals surface area (Å²) in [5.41, 5.74) is 9.73. The van der Waals surface area contributed by atoms with Crippen molar-refractivity contribution in [1.82, 2.24) is 65.2 Å². The number of aromatic nitrogens is 10. The molecule has 88 heavy (non-hydrogen) atoms.